The Morgan fingerprint density at radius 3 is 2.55 bits per heavy atom. The fourth-order valence-corrected chi connectivity index (χ4v) is 1.67. The zero-order valence-electron chi connectivity index (χ0n) is 13.6. The number of hydrogen-bond acceptors (Lipinski definition) is 3. The molecule has 0 spiro atoms. The summed E-state index contributed by atoms with van der Waals surface area (Å²) in [5.41, 5.74) is -0.0292. The van der Waals surface area contributed by atoms with E-state index >= 15 is 0 Å². The van der Waals surface area contributed by atoms with Crippen LogP contribution in [-0.4, -0.2) is 30.6 Å². The Hall–Kier alpha value is -2.11. The molecule has 22 heavy (non-hydrogen) atoms. The van der Waals surface area contributed by atoms with Crippen LogP contribution < -0.4 is 10.6 Å². The lowest BCUT2D eigenvalue weighted by Crippen LogP contribution is -2.41. The number of ether oxygens (including phenoxy) is 1. The lowest BCUT2D eigenvalue weighted by atomic mass is 10.2. The van der Waals surface area contributed by atoms with Gasteiger partial charge in [0.15, 0.2) is 5.96 Å². The maximum absolute atomic E-state index is 13.5. The second kappa shape index (κ2) is 8.36. The third-order valence-corrected chi connectivity index (χ3v) is 2.53. The van der Waals surface area contributed by atoms with Crippen molar-refractivity contribution in [3.05, 3.63) is 35.6 Å². The SMILES string of the molecule is CCNC(=NCc1ccccc1F)NCC(=O)OC(C)(C)C. The molecule has 0 aliphatic heterocycles. The van der Waals surface area contributed by atoms with E-state index in [1.54, 1.807) is 18.2 Å². The summed E-state index contributed by atoms with van der Waals surface area (Å²) in [6.07, 6.45) is 0. The molecule has 0 saturated carbocycles. The minimum atomic E-state index is -0.526. The van der Waals surface area contributed by atoms with Gasteiger partial charge in [0.1, 0.15) is 18.0 Å². The Morgan fingerprint density at radius 1 is 1.27 bits per heavy atom. The molecule has 0 fully saturated rings. The highest BCUT2D eigenvalue weighted by Crippen LogP contribution is 2.07. The number of benzene rings is 1. The van der Waals surface area contributed by atoms with E-state index in [1.165, 1.54) is 6.07 Å². The Morgan fingerprint density at radius 2 is 1.95 bits per heavy atom. The molecule has 0 bridgehead atoms. The zero-order chi connectivity index (χ0) is 16.6. The molecule has 0 saturated heterocycles. The van der Waals surface area contributed by atoms with E-state index in [0.717, 1.165) is 0 Å². The zero-order valence-corrected chi connectivity index (χ0v) is 13.6. The van der Waals surface area contributed by atoms with Gasteiger partial charge in [-0.1, -0.05) is 18.2 Å². The molecular formula is C16H24FN3O2. The maximum Gasteiger partial charge on any atom is 0.325 e. The second-order valence-corrected chi connectivity index (χ2v) is 5.73. The first-order valence-corrected chi connectivity index (χ1v) is 7.29. The molecule has 5 nitrogen and oxygen atoms in total. The van der Waals surface area contributed by atoms with Crippen LogP contribution in [0.3, 0.4) is 0 Å². The van der Waals surface area contributed by atoms with Crippen LogP contribution in [-0.2, 0) is 16.1 Å². The van der Waals surface area contributed by atoms with Crippen molar-refractivity contribution in [2.75, 3.05) is 13.1 Å². The number of nitrogens with one attached hydrogen (secondary N) is 2. The Bertz CT molecular complexity index is 524. The van der Waals surface area contributed by atoms with Crippen molar-refractivity contribution in [3.63, 3.8) is 0 Å². The first-order chi connectivity index (χ1) is 10.3. The molecule has 2 N–H and O–H groups in total. The number of rotatable bonds is 5. The first kappa shape index (κ1) is 17.9. The number of esters is 1. The normalized spacial score (nSPS) is 12.0. The van der Waals surface area contributed by atoms with E-state index in [0.29, 0.717) is 18.1 Å². The summed E-state index contributed by atoms with van der Waals surface area (Å²) < 4.78 is 18.7. The summed E-state index contributed by atoms with van der Waals surface area (Å²) in [4.78, 5) is 15.9. The van der Waals surface area contributed by atoms with Gasteiger partial charge >= 0.3 is 5.97 Å². The van der Waals surface area contributed by atoms with Gasteiger partial charge in [-0.2, -0.15) is 0 Å². The Balaban J connectivity index is 2.59. The summed E-state index contributed by atoms with van der Waals surface area (Å²) in [5, 5.41) is 5.87. The average Bonchev–Trinajstić information content (AvgIpc) is 2.41. The molecule has 0 radical (unpaired) electrons. The summed E-state index contributed by atoms with van der Waals surface area (Å²) >= 11 is 0. The topological polar surface area (TPSA) is 62.7 Å². The summed E-state index contributed by atoms with van der Waals surface area (Å²) in [5.74, 6) is -0.227. The van der Waals surface area contributed by atoms with Gasteiger partial charge in [-0.15, -0.1) is 0 Å². The molecule has 1 aromatic rings. The highest BCUT2D eigenvalue weighted by Gasteiger charge is 2.16. The van der Waals surface area contributed by atoms with Gasteiger partial charge in [0.25, 0.3) is 0 Å². The maximum atomic E-state index is 13.5. The van der Waals surface area contributed by atoms with Crippen LogP contribution in [0.1, 0.15) is 33.3 Å². The molecular weight excluding hydrogens is 285 g/mol. The van der Waals surface area contributed by atoms with Gasteiger partial charge < -0.3 is 15.4 Å². The summed E-state index contributed by atoms with van der Waals surface area (Å²) in [7, 11) is 0. The third-order valence-electron chi connectivity index (χ3n) is 2.53. The molecule has 122 valence electrons. The van der Waals surface area contributed by atoms with Crippen molar-refractivity contribution in [2.24, 2.45) is 4.99 Å². The van der Waals surface area contributed by atoms with Crippen LogP contribution in [0, 0.1) is 5.82 Å². The van der Waals surface area contributed by atoms with Crippen molar-refractivity contribution < 1.29 is 13.9 Å². The molecule has 0 aromatic heterocycles. The Kier molecular flexibility index (Phi) is 6.82. The van der Waals surface area contributed by atoms with Gasteiger partial charge in [-0.05, 0) is 33.8 Å². The van der Waals surface area contributed by atoms with E-state index in [-0.39, 0.29) is 24.9 Å². The van der Waals surface area contributed by atoms with Crippen LogP contribution in [0.15, 0.2) is 29.3 Å². The molecule has 0 aliphatic rings. The van der Waals surface area contributed by atoms with E-state index in [4.69, 9.17) is 4.74 Å². The lowest BCUT2D eigenvalue weighted by Gasteiger charge is -2.20. The van der Waals surface area contributed by atoms with Gasteiger partial charge in [-0.25, -0.2) is 9.38 Å². The van der Waals surface area contributed by atoms with Crippen molar-refractivity contribution in [3.8, 4) is 0 Å². The molecule has 0 atom stereocenters. The molecule has 6 heteroatoms. The predicted molar refractivity (Wildman–Crippen MR) is 85.1 cm³/mol. The monoisotopic (exact) mass is 309 g/mol. The summed E-state index contributed by atoms with van der Waals surface area (Å²) in [6.45, 7) is 8.16. The average molecular weight is 309 g/mol. The van der Waals surface area contributed by atoms with Crippen LogP contribution >= 0.6 is 0 Å². The number of carbonyl (C=O) groups is 1. The molecule has 0 unspecified atom stereocenters. The first-order valence-electron chi connectivity index (χ1n) is 7.29. The van der Waals surface area contributed by atoms with E-state index in [9.17, 15) is 9.18 Å². The standard InChI is InChI=1S/C16H24FN3O2/c1-5-18-15(20-11-14(21)22-16(2,3)4)19-10-12-8-6-7-9-13(12)17/h6-9H,5,10-11H2,1-4H3,(H2,18,19,20). The van der Waals surface area contributed by atoms with Gasteiger partial charge in [0.05, 0.1) is 6.54 Å². The number of guanidine groups is 1. The van der Waals surface area contributed by atoms with Crippen molar-refractivity contribution in [1.82, 2.24) is 10.6 Å². The smallest absolute Gasteiger partial charge is 0.325 e. The number of carbonyl (C=O) groups excluding carboxylic acids is 1. The second-order valence-electron chi connectivity index (χ2n) is 5.73. The minimum absolute atomic E-state index is 0.000372. The quantitative estimate of drug-likeness (QED) is 0.497. The van der Waals surface area contributed by atoms with Crippen LogP contribution in [0.2, 0.25) is 0 Å². The van der Waals surface area contributed by atoms with Gasteiger partial charge in [0, 0.05) is 12.1 Å². The highest BCUT2D eigenvalue weighted by atomic mass is 19.1. The molecule has 0 amide bonds. The van der Waals surface area contributed by atoms with Crippen LogP contribution in [0.5, 0.6) is 0 Å². The molecule has 1 aromatic carbocycles. The van der Waals surface area contributed by atoms with E-state index < -0.39 is 5.60 Å². The van der Waals surface area contributed by atoms with Gasteiger partial charge in [-0.3, -0.25) is 4.79 Å². The van der Waals surface area contributed by atoms with Crippen LogP contribution in [0.4, 0.5) is 4.39 Å². The lowest BCUT2D eigenvalue weighted by molar-refractivity contribution is -0.153. The van der Waals surface area contributed by atoms with Crippen molar-refractivity contribution in [1.29, 1.82) is 0 Å². The molecule has 1 rings (SSSR count). The molecule has 0 aliphatic carbocycles. The highest BCUT2D eigenvalue weighted by molar-refractivity contribution is 5.84. The largest absolute Gasteiger partial charge is 0.459 e. The van der Waals surface area contributed by atoms with Crippen molar-refractivity contribution >= 4 is 11.9 Å². The van der Waals surface area contributed by atoms with Gasteiger partial charge in [0.2, 0.25) is 0 Å². The van der Waals surface area contributed by atoms with Crippen molar-refractivity contribution in [2.45, 2.75) is 39.8 Å². The fraction of sp³-hybridized carbons (Fsp3) is 0.500. The summed E-state index contributed by atoms with van der Waals surface area (Å²) in [6, 6.07) is 6.46. The number of hydrogen-bond donors (Lipinski definition) is 2. The predicted octanol–water partition coefficient (Wildman–Crippen LogP) is 2.22. The number of halogens is 1. The number of nitrogens with zero attached hydrogens (tertiary/aromatic N) is 1. The number of aliphatic imine (C=N–C) groups is 1. The Labute approximate surface area is 131 Å². The minimum Gasteiger partial charge on any atom is -0.459 e. The fourth-order valence-electron chi connectivity index (χ4n) is 1.67. The third kappa shape index (κ3) is 7.06. The molecule has 0 heterocycles. The van der Waals surface area contributed by atoms with E-state index in [1.807, 2.05) is 27.7 Å². The van der Waals surface area contributed by atoms with E-state index in [2.05, 4.69) is 15.6 Å². The van der Waals surface area contributed by atoms with Crippen LogP contribution in [0.25, 0.3) is 0 Å².